The Kier molecular flexibility index (Phi) is 11.2. The Balaban J connectivity index is 1.68. The van der Waals surface area contributed by atoms with E-state index in [-0.39, 0.29) is 12.0 Å². The van der Waals surface area contributed by atoms with Crippen molar-refractivity contribution in [1.29, 1.82) is 0 Å². The third-order valence-electron chi connectivity index (χ3n) is 6.05. The number of halogens is 1. The molecule has 1 aliphatic heterocycles. The van der Waals surface area contributed by atoms with Gasteiger partial charge in [0.15, 0.2) is 5.79 Å². The van der Waals surface area contributed by atoms with Crippen LogP contribution in [0.5, 0.6) is 5.75 Å². The molecule has 1 unspecified atom stereocenters. The first-order valence-electron chi connectivity index (χ1n) is 13.1. The molecule has 8 heteroatoms. The first-order valence-corrected chi connectivity index (χ1v) is 13.6. The second-order valence-corrected chi connectivity index (χ2v) is 9.86. The van der Waals surface area contributed by atoms with Gasteiger partial charge in [0.1, 0.15) is 24.2 Å². The lowest BCUT2D eigenvalue weighted by Gasteiger charge is -2.20. The normalized spacial score (nSPS) is 17.0. The minimum atomic E-state index is -0.574. The quantitative estimate of drug-likeness (QED) is 0.122. The lowest BCUT2D eigenvalue weighted by atomic mass is 10.0. The fourth-order valence-corrected chi connectivity index (χ4v) is 4.18. The molecule has 0 spiro atoms. The van der Waals surface area contributed by atoms with Crippen molar-refractivity contribution in [3.05, 3.63) is 54.1 Å². The van der Waals surface area contributed by atoms with Gasteiger partial charge in [0, 0.05) is 18.7 Å². The van der Waals surface area contributed by atoms with Gasteiger partial charge in [-0.25, -0.2) is 4.79 Å². The minimum Gasteiger partial charge on any atom is -0.491 e. The molecule has 3 rings (SSSR count). The van der Waals surface area contributed by atoms with Gasteiger partial charge in [-0.1, -0.05) is 62.2 Å². The molecule has 7 nitrogen and oxygen atoms in total. The number of alkyl halides is 1. The maximum atomic E-state index is 12.6. The first kappa shape index (κ1) is 29.0. The van der Waals surface area contributed by atoms with Gasteiger partial charge in [0.25, 0.3) is 0 Å². The van der Waals surface area contributed by atoms with Crippen molar-refractivity contribution >= 4 is 23.4 Å². The Hall–Kier alpha value is -2.61. The van der Waals surface area contributed by atoms with Crippen LogP contribution in [0, 0.1) is 0 Å². The largest absolute Gasteiger partial charge is 0.491 e. The Labute approximate surface area is 225 Å². The number of carbonyl (C=O) groups is 1. The van der Waals surface area contributed by atoms with Gasteiger partial charge in [0.2, 0.25) is 0 Å². The van der Waals surface area contributed by atoms with Crippen molar-refractivity contribution in [2.24, 2.45) is 5.16 Å². The van der Waals surface area contributed by atoms with Crippen LogP contribution in [0.1, 0.15) is 58.9 Å². The highest BCUT2D eigenvalue weighted by Gasteiger charge is 2.33. The van der Waals surface area contributed by atoms with Gasteiger partial charge in [0.05, 0.1) is 12.5 Å². The highest BCUT2D eigenvalue weighted by Crippen LogP contribution is 2.27. The van der Waals surface area contributed by atoms with Crippen molar-refractivity contribution in [3.8, 4) is 16.9 Å². The maximum Gasteiger partial charge on any atom is 0.435 e. The molecule has 1 amide bonds. The van der Waals surface area contributed by atoms with E-state index in [9.17, 15) is 4.79 Å². The Morgan fingerprint density at radius 3 is 2.38 bits per heavy atom. The Morgan fingerprint density at radius 1 is 1.08 bits per heavy atom. The standard InChI is InChI=1S/C29H39ClN2O5/c1-5-7-15-32(16-8-6-2)28(33)37-31-27(19-30)24-13-9-11-22(17-24)23-12-10-14-25(18-23)34-20-26-21-35-29(3,4)36-26/h9-14,17-18,26H,5-8,15-16,19-21H2,1-4H3/b31-27+. The van der Waals surface area contributed by atoms with Gasteiger partial charge in [-0.3, -0.25) is 4.84 Å². The zero-order valence-corrected chi connectivity index (χ0v) is 23.1. The number of oxime groups is 1. The smallest absolute Gasteiger partial charge is 0.435 e. The fraction of sp³-hybridized carbons (Fsp3) is 0.517. The number of unbranched alkanes of at least 4 members (excludes halogenated alkanes) is 2. The Morgan fingerprint density at radius 2 is 1.76 bits per heavy atom. The Bertz CT molecular complexity index is 1030. The monoisotopic (exact) mass is 530 g/mol. The summed E-state index contributed by atoms with van der Waals surface area (Å²) in [7, 11) is 0. The number of amides is 1. The second kappa shape index (κ2) is 14.4. The highest BCUT2D eigenvalue weighted by molar-refractivity contribution is 6.31. The summed E-state index contributed by atoms with van der Waals surface area (Å²) < 4.78 is 17.4. The molecule has 1 fully saturated rings. The number of hydrogen-bond acceptors (Lipinski definition) is 6. The molecule has 37 heavy (non-hydrogen) atoms. The molecule has 1 atom stereocenters. The van der Waals surface area contributed by atoms with E-state index in [0.717, 1.165) is 48.1 Å². The average molecular weight is 531 g/mol. The zero-order valence-electron chi connectivity index (χ0n) is 22.4. The van der Waals surface area contributed by atoms with Crippen molar-refractivity contribution in [2.75, 3.05) is 32.2 Å². The summed E-state index contributed by atoms with van der Waals surface area (Å²) in [4.78, 5) is 19.7. The molecule has 0 radical (unpaired) electrons. The SMILES string of the molecule is CCCCN(CCCC)C(=O)O/N=C(\CCl)c1cccc(-c2cccc(OCC3COC(C)(C)O3)c2)c1. The van der Waals surface area contributed by atoms with Crippen LogP contribution in [0.15, 0.2) is 53.7 Å². The van der Waals surface area contributed by atoms with Crippen molar-refractivity contribution in [3.63, 3.8) is 0 Å². The highest BCUT2D eigenvalue weighted by atomic mass is 35.5. The van der Waals surface area contributed by atoms with Gasteiger partial charge < -0.3 is 19.1 Å². The zero-order chi connectivity index (χ0) is 26.7. The molecule has 0 saturated carbocycles. The number of hydrogen-bond donors (Lipinski definition) is 0. The summed E-state index contributed by atoms with van der Waals surface area (Å²) >= 11 is 6.20. The maximum absolute atomic E-state index is 12.6. The summed E-state index contributed by atoms with van der Waals surface area (Å²) in [6.45, 7) is 10.2. The van der Waals surface area contributed by atoms with Crippen LogP contribution in [0.25, 0.3) is 11.1 Å². The van der Waals surface area contributed by atoms with E-state index in [4.69, 9.17) is 30.6 Å². The molecular weight excluding hydrogens is 492 g/mol. The molecule has 1 saturated heterocycles. The van der Waals surface area contributed by atoms with Gasteiger partial charge in [-0.05, 0) is 56.0 Å². The fourth-order valence-electron chi connectivity index (χ4n) is 3.98. The van der Waals surface area contributed by atoms with Gasteiger partial charge in [-0.15, -0.1) is 11.6 Å². The van der Waals surface area contributed by atoms with Crippen LogP contribution in [0.2, 0.25) is 0 Å². The van der Waals surface area contributed by atoms with E-state index >= 15 is 0 Å². The molecule has 2 aromatic rings. The number of ether oxygens (including phenoxy) is 3. The molecule has 1 heterocycles. The van der Waals surface area contributed by atoms with Crippen molar-refractivity contribution < 1.29 is 23.8 Å². The predicted octanol–water partition coefficient (Wildman–Crippen LogP) is 6.87. The van der Waals surface area contributed by atoms with Crippen LogP contribution in [-0.4, -0.2) is 60.8 Å². The van der Waals surface area contributed by atoms with Crippen LogP contribution in [-0.2, 0) is 14.3 Å². The van der Waals surface area contributed by atoms with E-state index in [1.54, 1.807) is 4.90 Å². The van der Waals surface area contributed by atoms with Crippen LogP contribution >= 0.6 is 11.6 Å². The van der Waals surface area contributed by atoms with E-state index < -0.39 is 11.9 Å². The van der Waals surface area contributed by atoms with Gasteiger partial charge in [-0.2, -0.15) is 0 Å². The predicted molar refractivity (Wildman–Crippen MR) is 147 cm³/mol. The van der Waals surface area contributed by atoms with Crippen LogP contribution < -0.4 is 4.74 Å². The third kappa shape index (κ3) is 9.02. The van der Waals surface area contributed by atoms with E-state index in [0.29, 0.717) is 32.0 Å². The molecule has 1 aliphatic rings. The summed E-state index contributed by atoms with van der Waals surface area (Å²) in [5.74, 6) is 0.287. The topological polar surface area (TPSA) is 69.6 Å². The minimum absolute atomic E-state index is 0.105. The summed E-state index contributed by atoms with van der Waals surface area (Å²) in [5.41, 5.74) is 3.25. The second-order valence-electron chi connectivity index (χ2n) is 9.59. The van der Waals surface area contributed by atoms with Gasteiger partial charge >= 0.3 is 6.09 Å². The average Bonchev–Trinajstić information content (AvgIpc) is 3.26. The molecule has 0 N–H and O–H groups in total. The van der Waals surface area contributed by atoms with Crippen molar-refractivity contribution in [1.82, 2.24) is 4.90 Å². The summed E-state index contributed by atoms with van der Waals surface area (Å²) in [5, 5.41) is 4.13. The third-order valence-corrected chi connectivity index (χ3v) is 6.30. The number of carbonyl (C=O) groups excluding carboxylic acids is 1. The molecule has 0 bridgehead atoms. The lowest BCUT2D eigenvalue weighted by molar-refractivity contribution is -0.141. The summed E-state index contributed by atoms with van der Waals surface area (Å²) in [6.07, 6.45) is 3.32. The molecule has 2 aromatic carbocycles. The number of benzene rings is 2. The lowest BCUT2D eigenvalue weighted by Crippen LogP contribution is -2.32. The van der Waals surface area contributed by atoms with E-state index in [1.165, 1.54) is 0 Å². The van der Waals surface area contributed by atoms with E-state index in [1.807, 2.05) is 62.4 Å². The van der Waals surface area contributed by atoms with Crippen LogP contribution in [0.3, 0.4) is 0 Å². The molecule has 0 aliphatic carbocycles. The molecule has 0 aromatic heterocycles. The first-order chi connectivity index (χ1) is 17.8. The van der Waals surface area contributed by atoms with E-state index in [2.05, 4.69) is 19.0 Å². The molecular formula is C29H39ClN2O5. The van der Waals surface area contributed by atoms with Crippen LogP contribution in [0.4, 0.5) is 4.79 Å². The summed E-state index contributed by atoms with van der Waals surface area (Å²) in [6, 6.07) is 15.7. The van der Waals surface area contributed by atoms with Crippen molar-refractivity contribution in [2.45, 2.75) is 65.3 Å². The number of rotatable bonds is 13. The molecule has 202 valence electrons. The number of nitrogens with zero attached hydrogens (tertiary/aromatic N) is 2.